The van der Waals surface area contributed by atoms with Gasteiger partial charge in [-0.3, -0.25) is 4.79 Å². The second-order valence-corrected chi connectivity index (χ2v) is 8.61. The molecule has 0 aliphatic heterocycles. The van der Waals surface area contributed by atoms with Gasteiger partial charge in [0.1, 0.15) is 0 Å². The predicted molar refractivity (Wildman–Crippen MR) is 122 cm³/mol. The van der Waals surface area contributed by atoms with E-state index in [-0.39, 0.29) is 11.8 Å². The summed E-state index contributed by atoms with van der Waals surface area (Å²) in [5.74, 6) is -0.739. The van der Waals surface area contributed by atoms with Crippen LogP contribution in [0.5, 0.6) is 0 Å². The number of carboxylic acid groups (broad SMARTS) is 1. The second-order valence-electron chi connectivity index (χ2n) is 8.20. The third-order valence-corrected chi connectivity index (χ3v) is 6.45. The minimum Gasteiger partial charge on any atom is -0.481 e. The van der Waals surface area contributed by atoms with Crippen LogP contribution in [0.2, 0.25) is 5.02 Å². The Kier molecular flexibility index (Phi) is 6.10. The number of anilines is 1. The van der Waals surface area contributed by atoms with E-state index >= 15 is 0 Å². The van der Waals surface area contributed by atoms with E-state index in [9.17, 15) is 9.90 Å². The summed E-state index contributed by atoms with van der Waals surface area (Å²) in [4.78, 5) is 13.8. The third kappa shape index (κ3) is 4.52. The van der Waals surface area contributed by atoms with Crippen molar-refractivity contribution in [1.29, 1.82) is 0 Å². The second kappa shape index (κ2) is 8.93. The highest BCUT2D eigenvalue weighted by atomic mass is 35.5. The average molecular weight is 420 g/mol. The SMILES string of the molecule is O=C(O)CC1(c2ccc(Cl)c(N(Cc3ccccc3)Cc3ccccc3)c2)CCC1. The first-order chi connectivity index (χ1) is 14.6. The van der Waals surface area contributed by atoms with Crippen LogP contribution in [0.3, 0.4) is 0 Å². The molecule has 1 fully saturated rings. The minimum absolute atomic E-state index is 0.172. The van der Waals surface area contributed by atoms with Gasteiger partial charge in [0, 0.05) is 18.5 Å². The maximum Gasteiger partial charge on any atom is 0.304 e. The van der Waals surface area contributed by atoms with E-state index in [0.29, 0.717) is 5.02 Å². The van der Waals surface area contributed by atoms with E-state index in [4.69, 9.17) is 11.6 Å². The van der Waals surface area contributed by atoms with Crippen LogP contribution < -0.4 is 4.90 Å². The Bertz CT molecular complexity index is 959. The van der Waals surface area contributed by atoms with Crippen molar-refractivity contribution in [2.45, 2.75) is 44.2 Å². The van der Waals surface area contributed by atoms with Gasteiger partial charge in [0.25, 0.3) is 0 Å². The van der Waals surface area contributed by atoms with E-state index in [0.717, 1.165) is 43.6 Å². The van der Waals surface area contributed by atoms with Crippen LogP contribution in [0.25, 0.3) is 0 Å². The fourth-order valence-corrected chi connectivity index (χ4v) is 4.62. The molecule has 3 nitrogen and oxygen atoms in total. The summed E-state index contributed by atoms with van der Waals surface area (Å²) in [6.07, 6.45) is 3.07. The van der Waals surface area contributed by atoms with Crippen LogP contribution in [-0.2, 0) is 23.3 Å². The highest BCUT2D eigenvalue weighted by Gasteiger charge is 2.41. The Morgan fingerprint density at radius 2 is 1.47 bits per heavy atom. The molecule has 0 bridgehead atoms. The normalized spacial score (nSPS) is 14.7. The molecule has 0 amide bonds. The van der Waals surface area contributed by atoms with Gasteiger partial charge in [-0.25, -0.2) is 0 Å². The first kappa shape index (κ1) is 20.5. The molecular weight excluding hydrogens is 394 g/mol. The highest BCUT2D eigenvalue weighted by Crippen LogP contribution is 2.48. The molecule has 154 valence electrons. The van der Waals surface area contributed by atoms with Crippen LogP contribution in [0.15, 0.2) is 78.9 Å². The first-order valence-corrected chi connectivity index (χ1v) is 10.8. The maximum absolute atomic E-state index is 11.5. The number of hydrogen-bond donors (Lipinski definition) is 1. The van der Waals surface area contributed by atoms with E-state index in [1.165, 1.54) is 11.1 Å². The molecule has 0 aromatic heterocycles. The molecular formula is C26H26ClNO2. The van der Waals surface area contributed by atoms with Crippen molar-refractivity contribution >= 4 is 23.3 Å². The van der Waals surface area contributed by atoms with Crippen LogP contribution in [0.1, 0.15) is 42.4 Å². The topological polar surface area (TPSA) is 40.5 Å². The third-order valence-electron chi connectivity index (χ3n) is 6.13. The van der Waals surface area contributed by atoms with Crippen molar-refractivity contribution in [3.05, 3.63) is 101 Å². The van der Waals surface area contributed by atoms with Crippen LogP contribution in [0, 0.1) is 0 Å². The Balaban J connectivity index is 1.71. The molecule has 1 aliphatic rings. The summed E-state index contributed by atoms with van der Waals surface area (Å²) in [5.41, 5.74) is 4.19. The quantitative estimate of drug-likeness (QED) is 0.456. The smallest absolute Gasteiger partial charge is 0.304 e. The average Bonchev–Trinajstić information content (AvgIpc) is 2.72. The fourth-order valence-electron chi connectivity index (χ4n) is 4.38. The van der Waals surface area contributed by atoms with Crippen molar-refractivity contribution in [3.8, 4) is 0 Å². The van der Waals surface area contributed by atoms with Crippen molar-refractivity contribution in [1.82, 2.24) is 0 Å². The van der Waals surface area contributed by atoms with Gasteiger partial charge in [0.2, 0.25) is 0 Å². The molecule has 0 heterocycles. The van der Waals surface area contributed by atoms with E-state index in [1.807, 2.05) is 48.5 Å². The lowest BCUT2D eigenvalue weighted by Gasteiger charge is -2.42. The molecule has 0 atom stereocenters. The predicted octanol–water partition coefficient (Wildman–Crippen LogP) is 6.44. The number of hydrogen-bond acceptors (Lipinski definition) is 2. The lowest BCUT2D eigenvalue weighted by molar-refractivity contribution is -0.139. The molecule has 3 aromatic carbocycles. The summed E-state index contributed by atoms with van der Waals surface area (Å²) in [7, 11) is 0. The van der Waals surface area contributed by atoms with Crippen molar-refractivity contribution in [2.24, 2.45) is 0 Å². The minimum atomic E-state index is -0.739. The number of halogens is 1. The molecule has 4 heteroatoms. The molecule has 1 N–H and O–H groups in total. The molecule has 0 saturated heterocycles. The summed E-state index contributed by atoms with van der Waals surface area (Å²) < 4.78 is 0. The zero-order chi connectivity index (χ0) is 21.0. The molecule has 0 spiro atoms. The van der Waals surface area contributed by atoms with Gasteiger partial charge in [-0.2, -0.15) is 0 Å². The molecule has 4 rings (SSSR count). The number of benzene rings is 3. The summed E-state index contributed by atoms with van der Waals surface area (Å²) in [6.45, 7) is 1.45. The summed E-state index contributed by atoms with van der Waals surface area (Å²) >= 11 is 6.68. The highest BCUT2D eigenvalue weighted by molar-refractivity contribution is 6.33. The number of carboxylic acids is 1. The first-order valence-electron chi connectivity index (χ1n) is 10.4. The number of carbonyl (C=O) groups is 1. The van der Waals surface area contributed by atoms with Gasteiger partial charge in [0.05, 0.1) is 17.1 Å². The van der Waals surface area contributed by atoms with Gasteiger partial charge in [0.15, 0.2) is 0 Å². The molecule has 1 saturated carbocycles. The van der Waals surface area contributed by atoms with Gasteiger partial charge in [-0.1, -0.05) is 84.8 Å². The van der Waals surface area contributed by atoms with Gasteiger partial charge in [-0.05, 0) is 41.7 Å². The fraction of sp³-hybridized carbons (Fsp3) is 0.269. The molecule has 30 heavy (non-hydrogen) atoms. The van der Waals surface area contributed by atoms with Gasteiger partial charge >= 0.3 is 5.97 Å². The van der Waals surface area contributed by atoms with Crippen molar-refractivity contribution < 1.29 is 9.90 Å². The lowest BCUT2D eigenvalue weighted by Crippen LogP contribution is -2.36. The molecule has 0 radical (unpaired) electrons. The largest absolute Gasteiger partial charge is 0.481 e. The Morgan fingerprint density at radius 3 is 1.93 bits per heavy atom. The molecule has 1 aliphatic carbocycles. The lowest BCUT2D eigenvalue weighted by atomic mass is 9.62. The number of nitrogens with zero attached hydrogens (tertiary/aromatic N) is 1. The Morgan fingerprint density at radius 1 is 0.900 bits per heavy atom. The Hall–Kier alpha value is -2.78. The Labute approximate surface area is 182 Å². The summed E-state index contributed by atoms with van der Waals surface area (Å²) in [5, 5.41) is 10.2. The van der Waals surface area contributed by atoms with Crippen LogP contribution in [-0.4, -0.2) is 11.1 Å². The zero-order valence-corrected chi connectivity index (χ0v) is 17.7. The standard InChI is InChI=1S/C26H26ClNO2/c27-23-13-12-22(26(14-7-15-26)17-25(29)30)16-24(23)28(18-20-8-3-1-4-9-20)19-21-10-5-2-6-11-21/h1-6,8-13,16H,7,14-15,17-19H2,(H,29,30). The van der Waals surface area contributed by atoms with E-state index in [2.05, 4.69) is 35.2 Å². The van der Waals surface area contributed by atoms with Gasteiger partial charge in [-0.15, -0.1) is 0 Å². The van der Waals surface area contributed by atoms with Crippen LogP contribution in [0.4, 0.5) is 5.69 Å². The van der Waals surface area contributed by atoms with Gasteiger partial charge < -0.3 is 10.0 Å². The van der Waals surface area contributed by atoms with Crippen LogP contribution >= 0.6 is 11.6 Å². The summed E-state index contributed by atoms with van der Waals surface area (Å²) in [6, 6.07) is 26.8. The molecule has 3 aromatic rings. The molecule has 0 unspecified atom stereocenters. The number of aliphatic carboxylic acids is 1. The van der Waals surface area contributed by atoms with Crippen molar-refractivity contribution in [2.75, 3.05) is 4.90 Å². The van der Waals surface area contributed by atoms with Crippen molar-refractivity contribution in [3.63, 3.8) is 0 Å². The maximum atomic E-state index is 11.5. The van der Waals surface area contributed by atoms with E-state index in [1.54, 1.807) is 0 Å². The van der Waals surface area contributed by atoms with E-state index < -0.39 is 5.97 Å². The monoisotopic (exact) mass is 419 g/mol. The number of rotatable bonds is 8. The zero-order valence-electron chi connectivity index (χ0n) is 16.9.